The third-order valence-corrected chi connectivity index (χ3v) is 6.16. The van der Waals surface area contributed by atoms with E-state index in [1.807, 2.05) is 23.1 Å². The van der Waals surface area contributed by atoms with Crippen LogP contribution in [0.15, 0.2) is 72.9 Å². The normalized spacial score (nSPS) is 23.2. The maximum atomic E-state index is 12.9. The molecule has 3 atom stereocenters. The molecule has 3 heterocycles. The van der Waals surface area contributed by atoms with Crippen LogP contribution < -0.4 is 10.9 Å². The van der Waals surface area contributed by atoms with Gasteiger partial charge in [-0.25, -0.2) is 10.4 Å². The molecule has 0 bridgehead atoms. The van der Waals surface area contributed by atoms with E-state index in [2.05, 4.69) is 52.2 Å². The van der Waals surface area contributed by atoms with E-state index in [0.29, 0.717) is 19.1 Å². The topological polar surface area (TPSA) is 77.5 Å². The number of rotatable bonds is 3. The van der Waals surface area contributed by atoms with E-state index in [1.54, 1.807) is 6.07 Å². The first-order chi connectivity index (χ1) is 14.7. The van der Waals surface area contributed by atoms with Crippen molar-refractivity contribution in [2.75, 3.05) is 13.1 Å². The Morgan fingerprint density at radius 2 is 1.73 bits per heavy atom. The second-order valence-corrected chi connectivity index (χ2v) is 7.94. The summed E-state index contributed by atoms with van der Waals surface area (Å²) in [5.41, 5.74) is 10.6. The number of hydrogen-bond acceptors (Lipinski definition) is 5. The fourth-order valence-electron chi connectivity index (χ4n) is 4.54. The highest BCUT2D eigenvalue weighted by Crippen LogP contribution is 2.35. The molecule has 3 unspecified atom stereocenters. The molecule has 1 amide bonds. The van der Waals surface area contributed by atoms with Crippen molar-refractivity contribution in [2.45, 2.75) is 18.5 Å². The smallest absolute Gasteiger partial charge is 0.276 e. The second kappa shape index (κ2) is 7.89. The molecule has 6 nitrogen and oxygen atoms in total. The van der Waals surface area contributed by atoms with Crippen molar-refractivity contribution >= 4 is 5.91 Å². The lowest BCUT2D eigenvalue weighted by Crippen LogP contribution is -2.48. The summed E-state index contributed by atoms with van der Waals surface area (Å²) < 4.78 is 0. The van der Waals surface area contributed by atoms with E-state index in [9.17, 15) is 9.90 Å². The van der Waals surface area contributed by atoms with E-state index in [1.165, 1.54) is 29.0 Å². The molecular formula is C24H24N4O2. The van der Waals surface area contributed by atoms with Crippen LogP contribution >= 0.6 is 0 Å². The molecule has 3 aromatic rings. The number of pyridine rings is 1. The van der Waals surface area contributed by atoms with Crippen molar-refractivity contribution < 1.29 is 9.90 Å². The van der Waals surface area contributed by atoms with Gasteiger partial charge < -0.3 is 10.0 Å². The number of hydrogen-bond donors (Lipinski definition) is 3. The second-order valence-electron chi connectivity index (χ2n) is 7.94. The van der Waals surface area contributed by atoms with Gasteiger partial charge >= 0.3 is 0 Å². The van der Waals surface area contributed by atoms with E-state index in [4.69, 9.17) is 0 Å². The van der Waals surface area contributed by atoms with Crippen LogP contribution in [0.3, 0.4) is 0 Å². The molecule has 2 aliphatic heterocycles. The fourth-order valence-corrected chi connectivity index (χ4v) is 4.54. The van der Waals surface area contributed by atoms with Gasteiger partial charge in [0, 0.05) is 31.2 Å². The molecule has 152 valence electrons. The van der Waals surface area contributed by atoms with Gasteiger partial charge in [-0.2, -0.15) is 0 Å². The summed E-state index contributed by atoms with van der Waals surface area (Å²) in [4.78, 5) is 18.8. The number of fused-ring (bicyclic) bond motifs is 1. The number of nitrogens with one attached hydrogen (secondary N) is 2. The summed E-state index contributed by atoms with van der Waals surface area (Å²) in [6.45, 7) is 1.26. The summed E-state index contributed by atoms with van der Waals surface area (Å²) >= 11 is 0. The summed E-state index contributed by atoms with van der Waals surface area (Å²) in [6.07, 6.45) is 2.39. The van der Waals surface area contributed by atoms with Crippen molar-refractivity contribution in [3.63, 3.8) is 0 Å². The van der Waals surface area contributed by atoms with Crippen molar-refractivity contribution in [3.05, 3.63) is 84.2 Å². The molecule has 0 spiro atoms. The first kappa shape index (κ1) is 18.8. The zero-order valence-electron chi connectivity index (χ0n) is 16.5. The quantitative estimate of drug-likeness (QED) is 0.630. The van der Waals surface area contributed by atoms with Gasteiger partial charge in [-0.1, -0.05) is 54.6 Å². The average Bonchev–Trinajstić information content (AvgIpc) is 3.23. The lowest BCUT2D eigenvalue weighted by atomic mass is 9.84. The molecule has 3 N–H and O–H groups in total. The summed E-state index contributed by atoms with van der Waals surface area (Å²) in [7, 11) is 0. The van der Waals surface area contributed by atoms with Gasteiger partial charge in [0.05, 0.1) is 6.04 Å². The molecule has 6 heteroatoms. The Morgan fingerprint density at radius 3 is 2.50 bits per heavy atom. The Balaban J connectivity index is 1.34. The number of aromatic nitrogens is 1. The zero-order valence-corrected chi connectivity index (χ0v) is 16.5. The molecule has 2 aliphatic rings. The van der Waals surface area contributed by atoms with Crippen LogP contribution in [-0.2, 0) is 0 Å². The first-order valence-corrected chi connectivity index (χ1v) is 10.3. The summed E-state index contributed by atoms with van der Waals surface area (Å²) in [6, 6.07) is 22.5. The van der Waals surface area contributed by atoms with Gasteiger partial charge in [-0.05, 0) is 35.2 Å². The molecule has 0 radical (unpaired) electrons. The molecule has 30 heavy (non-hydrogen) atoms. The summed E-state index contributed by atoms with van der Waals surface area (Å²) in [5, 5.41) is 10.0. The Kier molecular flexibility index (Phi) is 4.94. The Bertz CT molecular complexity index is 1040. The Labute approximate surface area is 175 Å². The SMILES string of the molecule is O=C(c1ncccc1O)N1CCC2NNC(c3ccc(-c4ccccc4)cc3)C2C1. The van der Waals surface area contributed by atoms with Gasteiger partial charge in [-0.3, -0.25) is 10.2 Å². The number of hydrazine groups is 1. The van der Waals surface area contributed by atoms with Crippen LogP contribution in [0.4, 0.5) is 0 Å². The first-order valence-electron chi connectivity index (χ1n) is 10.3. The van der Waals surface area contributed by atoms with Gasteiger partial charge in [0.25, 0.3) is 5.91 Å². The Hall–Kier alpha value is -3.22. The number of piperidine rings is 1. The van der Waals surface area contributed by atoms with E-state index in [0.717, 1.165) is 6.42 Å². The molecular weight excluding hydrogens is 376 g/mol. The van der Waals surface area contributed by atoms with Crippen LogP contribution in [-0.4, -0.2) is 40.0 Å². The molecule has 2 fully saturated rings. The number of likely N-dealkylation sites (tertiary alicyclic amines) is 1. The predicted octanol–water partition coefficient (Wildman–Crippen LogP) is 3.13. The van der Waals surface area contributed by atoms with E-state index in [-0.39, 0.29) is 29.3 Å². The minimum absolute atomic E-state index is 0.0691. The fraction of sp³-hybridized carbons (Fsp3) is 0.250. The third kappa shape index (κ3) is 3.44. The number of benzene rings is 2. The number of carbonyl (C=O) groups is 1. The largest absolute Gasteiger partial charge is 0.505 e. The maximum absolute atomic E-state index is 12.9. The van der Waals surface area contributed by atoms with Crippen LogP contribution in [0, 0.1) is 5.92 Å². The summed E-state index contributed by atoms with van der Waals surface area (Å²) in [5.74, 6) is -0.0342. The minimum atomic E-state index is -0.211. The van der Waals surface area contributed by atoms with E-state index < -0.39 is 0 Å². The monoisotopic (exact) mass is 400 g/mol. The van der Waals surface area contributed by atoms with Crippen molar-refractivity contribution in [1.82, 2.24) is 20.7 Å². The van der Waals surface area contributed by atoms with Crippen LogP contribution in [0.5, 0.6) is 5.75 Å². The number of aromatic hydroxyl groups is 1. The van der Waals surface area contributed by atoms with Crippen LogP contribution in [0.25, 0.3) is 11.1 Å². The standard InChI is InChI=1S/C24H24N4O2/c29-21-7-4-13-25-23(21)24(30)28-14-12-20-19(15-28)22(27-26-20)18-10-8-17(9-11-18)16-5-2-1-3-6-16/h1-11,13,19-20,22,26-27,29H,12,14-15H2. The highest BCUT2D eigenvalue weighted by Gasteiger charge is 2.42. The van der Waals surface area contributed by atoms with Crippen molar-refractivity contribution in [2.24, 2.45) is 5.92 Å². The molecule has 0 saturated carbocycles. The van der Waals surface area contributed by atoms with Crippen molar-refractivity contribution in [1.29, 1.82) is 0 Å². The third-order valence-electron chi connectivity index (χ3n) is 6.16. The minimum Gasteiger partial charge on any atom is -0.505 e. The molecule has 2 aromatic carbocycles. The highest BCUT2D eigenvalue weighted by atomic mass is 16.3. The lowest BCUT2D eigenvalue weighted by Gasteiger charge is -2.36. The maximum Gasteiger partial charge on any atom is 0.276 e. The Morgan fingerprint density at radius 1 is 0.967 bits per heavy atom. The average molecular weight is 400 g/mol. The van der Waals surface area contributed by atoms with Crippen LogP contribution in [0.1, 0.15) is 28.5 Å². The molecule has 2 saturated heterocycles. The predicted molar refractivity (Wildman–Crippen MR) is 115 cm³/mol. The molecule has 5 rings (SSSR count). The van der Waals surface area contributed by atoms with E-state index >= 15 is 0 Å². The van der Waals surface area contributed by atoms with Gasteiger partial charge in [0.1, 0.15) is 5.75 Å². The van der Waals surface area contributed by atoms with Gasteiger partial charge in [-0.15, -0.1) is 0 Å². The number of nitrogens with zero attached hydrogens (tertiary/aromatic N) is 2. The van der Waals surface area contributed by atoms with Gasteiger partial charge in [0.2, 0.25) is 0 Å². The number of amides is 1. The van der Waals surface area contributed by atoms with Crippen molar-refractivity contribution in [3.8, 4) is 16.9 Å². The van der Waals surface area contributed by atoms with Crippen LogP contribution in [0.2, 0.25) is 0 Å². The molecule has 0 aliphatic carbocycles. The molecule has 1 aromatic heterocycles. The zero-order chi connectivity index (χ0) is 20.5. The van der Waals surface area contributed by atoms with Gasteiger partial charge in [0.15, 0.2) is 5.69 Å². The highest BCUT2D eigenvalue weighted by molar-refractivity contribution is 5.94. The lowest BCUT2D eigenvalue weighted by molar-refractivity contribution is 0.0643. The number of carbonyl (C=O) groups excluding carboxylic acids is 1.